The highest BCUT2D eigenvalue weighted by Gasteiger charge is 2.02. The Bertz CT molecular complexity index is 365. The molecular weight excluding hydrogens is 214 g/mol. The zero-order valence-electron chi connectivity index (χ0n) is 10.6. The molecule has 0 unspecified atom stereocenters. The Kier molecular flexibility index (Phi) is 5.66. The number of methoxy groups -OCH3 is 1. The van der Waals surface area contributed by atoms with E-state index in [1.165, 1.54) is 5.56 Å². The molecule has 94 valence electrons. The van der Waals surface area contributed by atoms with Crippen LogP contribution in [0.5, 0.6) is 0 Å². The number of nitrogens with zero attached hydrogens (tertiary/aromatic N) is 1. The smallest absolute Gasteiger partial charge is 0.122 e. The van der Waals surface area contributed by atoms with Crippen molar-refractivity contribution in [2.24, 2.45) is 5.73 Å². The van der Waals surface area contributed by atoms with Crippen LogP contribution in [0.15, 0.2) is 24.3 Å². The number of benzene rings is 1. The van der Waals surface area contributed by atoms with Gasteiger partial charge in [0.2, 0.25) is 0 Å². The first-order chi connectivity index (χ1) is 8.13. The Morgan fingerprint density at radius 3 is 2.88 bits per heavy atom. The monoisotopic (exact) mass is 235 g/mol. The normalized spacial score (nSPS) is 10.8. The second-order valence-electron chi connectivity index (χ2n) is 4.20. The fourth-order valence-corrected chi connectivity index (χ4v) is 1.71. The van der Waals surface area contributed by atoms with Crippen molar-refractivity contribution >= 4 is 5.84 Å². The molecular formula is C13H21N3O. The predicted molar refractivity (Wildman–Crippen MR) is 70.3 cm³/mol. The molecule has 0 saturated carbocycles. The minimum atomic E-state index is 0.119. The van der Waals surface area contributed by atoms with Crippen molar-refractivity contribution in [1.82, 2.24) is 4.90 Å². The standard InChI is InChI=1S/C13H21N3O/c1-16(7-4-8-17-2)10-11-5-3-6-12(9-11)13(14)15/h3,5-6,9H,4,7-8,10H2,1-2H3,(H3,14,15). The lowest BCUT2D eigenvalue weighted by molar-refractivity contribution is 0.178. The topological polar surface area (TPSA) is 62.3 Å². The van der Waals surface area contributed by atoms with Crippen molar-refractivity contribution in [2.75, 3.05) is 27.3 Å². The molecule has 0 fully saturated rings. The maximum absolute atomic E-state index is 7.40. The second kappa shape index (κ2) is 7.04. The zero-order valence-corrected chi connectivity index (χ0v) is 10.6. The van der Waals surface area contributed by atoms with Gasteiger partial charge in [-0.1, -0.05) is 18.2 Å². The molecule has 0 spiro atoms. The average Bonchev–Trinajstić information content (AvgIpc) is 2.29. The van der Waals surface area contributed by atoms with Gasteiger partial charge in [-0.05, 0) is 25.1 Å². The largest absolute Gasteiger partial charge is 0.385 e. The molecule has 0 aliphatic rings. The fourth-order valence-electron chi connectivity index (χ4n) is 1.71. The van der Waals surface area contributed by atoms with Gasteiger partial charge in [-0.2, -0.15) is 0 Å². The van der Waals surface area contributed by atoms with Gasteiger partial charge in [0.05, 0.1) is 0 Å². The van der Waals surface area contributed by atoms with Gasteiger partial charge in [-0.25, -0.2) is 0 Å². The Balaban J connectivity index is 2.50. The van der Waals surface area contributed by atoms with Crippen LogP contribution in [0.3, 0.4) is 0 Å². The van der Waals surface area contributed by atoms with Crippen LogP contribution in [0.1, 0.15) is 17.5 Å². The van der Waals surface area contributed by atoms with Gasteiger partial charge in [0.25, 0.3) is 0 Å². The van der Waals surface area contributed by atoms with Gasteiger partial charge in [0.1, 0.15) is 5.84 Å². The highest BCUT2D eigenvalue weighted by molar-refractivity contribution is 5.95. The molecule has 0 aliphatic heterocycles. The lowest BCUT2D eigenvalue weighted by Gasteiger charge is -2.16. The van der Waals surface area contributed by atoms with Crippen molar-refractivity contribution in [3.63, 3.8) is 0 Å². The first kappa shape index (κ1) is 13.7. The summed E-state index contributed by atoms with van der Waals surface area (Å²) in [6.07, 6.45) is 1.03. The predicted octanol–water partition coefficient (Wildman–Crippen LogP) is 1.44. The maximum Gasteiger partial charge on any atom is 0.122 e. The van der Waals surface area contributed by atoms with Crippen molar-refractivity contribution in [2.45, 2.75) is 13.0 Å². The molecule has 1 aromatic carbocycles. The van der Waals surface area contributed by atoms with Crippen LogP contribution < -0.4 is 5.73 Å². The van der Waals surface area contributed by atoms with Crippen molar-refractivity contribution in [3.8, 4) is 0 Å². The van der Waals surface area contributed by atoms with E-state index in [0.29, 0.717) is 0 Å². The molecule has 0 amide bonds. The Morgan fingerprint density at radius 1 is 1.47 bits per heavy atom. The van der Waals surface area contributed by atoms with Gasteiger partial charge >= 0.3 is 0 Å². The number of nitrogens with two attached hydrogens (primary N) is 1. The molecule has 0 heterocycles. The molecule has 4 heteroatoms. The second-order valence-corrected chi connectivity index (χ2v) is 4.20. The Labute approximate surface area is 103 Å². The third-order valence-corrected chi connectivity index (χ3v) is 2.58. The van der Waals surface area contributed by atoms with E-state index < -0.39 is 0 Å². The van der Waals surface area contributed by atoms with Crippen LogP contribution in [-0.4, -0.2) is 38.0 Å². The minimum absolute atomic E-state index is 0.119. The highest BCUT2D eigenvalue weighted by atomic mass is 16.5. The van der Waals surface area contributed by atoms with Crippen molar-refractivity contribution < 1.29 is 4.74 Å². The first-order valence-electron chi connectivity index (χ1n) is 5.74. The summed E-state index contributed by atoms with van der Waals surface area (Å²) in [5.41, 5.74) is 7.43. The molecule has 1 rings (SSSR count). The fraction of sp³-hybridized carbons (Fsp3) is 0.462. The van der Waals surface area contributed by atoms with Gasteiger partial charge < -0.3 is 15.4 Å². The number of nitrogen functional groups attached to an aromatic ring is 1. The Hall–Kier alpha value is -1.39. The average molecular weight is 235 g/mol. The number of nitrogens with one attached hydrogen (secondary N) is 1. The van der Waals surface area contributed by atoms with E-state index in [0.717, 1.165) is 31.7 Å². The van der Waals surface area contributed by atoms with Gasteiger partial charge in [0, 0.05) is 32.4 Å². The van der Waals surface area contributed by atoms with E-state index in [1.807, 2.05) is 18.2 Å². The maximum atomic E-state index is 7.40. The number of rotatable bonds is 7. The molecule has 1 aromatic rings. The molecule has 0 bridgehead atoms. The van der Waals surface area contributed by atoms with Crippen LogP contribution in [0, 0.1) is 5.41 Å². The van der Waals surface area contributed by atoms with Crippen LogP contribution in [0.25, 0.3) is 0 Å². The number of hydrogen-bond acceptors (Lipinski definition) is 3. The summed E-state index contributed by atoms with van der Waals surface area (Å²) in [6, 6.07) is 7.82. The summed E-state index contributed by atoms with van der Waals surface area (Å²) in [4.78, 5) is 2.23. The molecule has 3 N–H and O–H groups in total. The van der Waals surface area contributed by atoms with E-state index in [4.69, 9.17) is 15.9 Å². The summed E-state index contributed by atoms with van der Waals surface area (Å²) >= 11 is 0. The third kappa shape index (κ3) is 4.97. The van der Waals surface area contributed by atoms with Crippen molar-refractivity contribution in [1.29, 1.82) is 5.41 Å². The minimum Gasteiger partial charge on any atom is -0.385 e. The lowest BCUT2D eigenvalue weighted by atomic mass is 10.1. The molecule has 17 heavy (non-hydrogen) atoms. The number of amidine groups is 1. The highest BCUT2D eigenvalue weighted by Crippen LogP contribution is 2.07. The molecule has 0 atom stereocenters. The zero-order chi connectivity index (χ0) is 12.7. The van der Waals surface area contributed by atoms with E-state index in [-0.39, 0.29) is 5.84 Å². The van der Waals surface area contributed by atoms with E-state index in [1.54, 1.807) is 7.11 Å². The lowest BCUT2D eigenvalue weighted by Crippen LogP contribution is -2.20. The SMILES string of the molecule is COCCCN(C)Cc1cccc(C(=N)N)c1. The molecule has 0 radical (unpaired) electrons. The quantitative estimate of drug-likeness (QED) is 0.427. The number of hydrogen-bond donors (Lipinski definition) is 2. The molecule has 4 nitrogen and oxygen atoms in total. The van der Waals surface area contributed by atoms with Gasteiger partial charge in [-0.15, -0.1) is 0 Å². The molecule has 0 aliphatic carbocycles. The summed E-state index contributed by atoms with van der Waals surface area (Å²) < 4.78 is 5.02. The van der Waals surface area contributed by atoms with E-state index >= 15 is 0 Å². The summed E-state index contributed by atoms with van der Waals surface area (Å²) in [5.74, 6) is 0.119. The van der Waals surface area contributed by atoms with Crippen LogP contribution in [0.4, 0.5) is 0 Å². The summed E-state index contributed by atoms with van der Waals surface area (Å²) in [7, 11) is 3.80. The molecule has 0 saturated heterocycles. The van der Waals surface area contributed by atoms with Crippen molar-refractivity contribution in [3.05, 3.63) is 35.4 Å². The number of ether oxygens (including phenoxy) is 1. The first-order valence-corrected chi connectivity index (χ1v) is 5.74. The Morgan fingerprint density at radius 2 is 2.24 bits per heavy atom. The van der Waals surface area contributed by atoms with Gasteiger partial charge in [0.15, 0.2) is 0 Å². The van der Waals surface area contributed by atoms with Crippen LogP contribution >= 0.6 is 0 Å². The molecule has 0 aromatic heterocycles. The van der Waals surface area contributed by atoms with E-state index in [9.17, 15) is 0 Å². The van der Waals surface area contributed by atoms with E-state index in [2.05, 4.69) is 18.0 Å². The van der Waals surface area contributed by atoms with Crippen LogP contribution in [0.2, 0.25) is 0 Å². The van der Waals surface area contributed by atoms with Gasteiger partial charge in [-0.3, -0.25) is 5.41 Å². The summed E-state index contributed by atoms with van der Waals surface area (Å²) in [6.45, 7) is 2.65. The summed E-state index contributed by atoms with van der Waals surface area (Å²) in [5, 5.41) is 7.40. The third-order valence-electron chi connectivity index (χ3n) is 2.58. The van der Waals surface area contributed by atoms with Crippen LogP contribution in [-0.2, 0) is 11.3 Å².